The van der Waals surface area contributed by atoms with Crippen molar-refractivity contribution < 1.29 is 18.5 Å². The number of halogens is 1. The molecular weight excluding hydrogens is 427 g/mol. The quantitative estimate of drug-likeness (QED) is 0.229. The molecule has 0 spiro atoms. The Balaban J connectivity index is 1.53. The van der Waals surface area contributed by atoms with E-state index in [9.17, 15) is 19.3 Å². The Morgan fingerprint density at radius 1 is 1.17 bits per heavy atom. The van der Waals surface area contributed by atoms with Crippen molar-refractivity contribution in [1.82, 2.24) is 4.90 Å². The van der Waals surface area contributed by atoms with Crippen LogP contribution in [0.1, 0.15) is 11.3 Å². The molecule has 0 radical (unpaired) electrons. The van der Waals surface area contributed by atoms with Crippen LogP contribution in [0.15, 0.2) is 70.0 Å². The second-order valence-electron chi connectivity index (χ2n) is 6.40. The van der Waals surface area contributed by atoms with Crippen molar-refractivity contribution in [3.05, 3.63) is 92.8 Å². The average molecular weight is 440 g/mol. The van der Waals surface area contributed by atoms with Gasteiger partial charge >= 0.3 is 0 Å². The van der Waals surface area contributed by atoms with Crippen LogP contribution in [0.2, 0.25) is 0 Å². The predicted molar refractivity (Wildman–Crippen MR) is 116 cm³/mol. The molecule has 1 saturated heterocycles. The van der Waals surface area contributed by atoms with Crippen LogP contribution in [0.25, 0.3) is 17.4 Å². The van der Waals surface area contributed by atoms with E-state index in [1.165, 1.54) is 29.2 Å². The minimum absolute atomic E-state index is 0.0351. The van der Waals surface area contributed by atoms with E-state index < -0.39 is 4.92 Å². The van der Waals surface area contributed by atoms with Gasteiger partial charge in [0.15, 0.2) is 0 Å². The Bertz CT molecular complexity index is 1190. The fraction of sp³-hybridized carbons (Fsp3) is 0.0476. The number of non-ortho nitro benzene ring substituents is 1. The number of hydrogen-bond acceptors (Lipinski definition) is 6. The Morgan fingerprint density at radius 2 is 1.93 bits per heavy atom. The molecule has 0 bridgehead atoms. The molecule has 4 rings (SSSR count). The lowest BCUT2D eigenvalue weighted by Crippen LogP contribution is -2.27. The number of nitro groups is 1. The summed E-state index contributed by atoms with van der Waals surface area (Å²) in [5, 5.41) is 11.0. The lowest BCUT2D eigenvalue weighted by Gasteiger charge is -2.14. The van der Waals surface area contributed by atoms with Crippen LogP contribution in [0, 0.1) is 15.9 Å². The topological polar surface area (TPSA) is 76.6 Å². The van der Waals surface area contributed by atoms with Crippen molar-refractivity contribution in [2.75, 3.05) is 0 Å². The van der Waals surface area contributed by atoms with Crippen molar-refractivity contribution in [1.29, 1.82) is 0 Å². The third-order valence-electron chi connectivity index (χ3n) is 4.37. The molecule has 0 unspecified atom stereocenters. The number of nitrogens with zero attached hydrogens (tertiary/aromatic N) is 2. The van der Waals surface area contributed by atoms with Gasteiger partial charge in [-0.05, 0) is 29.8 Å². The van der Waals surface area contributed by atoms with Gasteiger partial charge in [-0.25, -0.2) is 4.39 Å². The second-order valence-corrected chi connectivity index (χ2v) is 8.08. The van der Waals surface area contributed by atoms with Crippen LogP contribution in [-0.2, 0) is 11.3 Å². The van der Waals surface area contributed by atoms with Gasteiger partial charge in [0.05, 0.1) is 16.4 Å². The zero-order valence-electron chi connectivity index (χ0n) is 15.3. The lowest BCUT2D eigenvalue weighted by molar-refractivity contribution is -0.384. The Hall–Kier alpha value is -3.30. The lowest BCUT2D eigenvalue weighted by atomic mass is 10.1. The van der Waals surface area contributed by atoms with Gasteiger partial charge in [-0.1, -0.05) is 48.2 Å². The first-order valence-electron chi connectivity index (χ1n) is 8.75. The molecule has 1 fully saturated rings. The van der Waals surface area contributed by atoms with E-state index in [-0.39, 0.29) is 24.0 Å². The first kappa shape index (κ1) is 20.0. The second kappa shape index (κ2) is 8.21. The van der Waals surface area contributed by atoms with Crippen molar-refractivity contribution in [2.24, 2.45) is 0 Å². The van der Waals surface area contributed by atoms with Gasteiger partial charge in [0.25, 0.3) is 11.6 Å². The highest BCUT2D eigenvalue weighted by atomic mass is 32.2. The highest BCUT2D eigenvalue weighted by Crippen LogP contribution is 2.35. The molecule has 9 heteroatoms. The number of thioether (sulfide) groups is 1. The Labute approximate surface area is 180 Å². The maximum Gasteiger partial charge on any atom is 0.270 e. The van der Waals surface area contributed by atoms with Gasteiger partial charge in [0, 0.05) is 23.8 Å². The SMILES string of the molecule is O=C1/C(=C/c2ccc(-c3cccc([N+](=O)[O-])c3)o2)SC(=S)N1Cc1ccc(F)cc1. The number of furan rings is 1. The zero-order chi connectivity index (χ0) is 21.3. The zero-order valence-corrected chi connectivity index (χ0v) is 16.9. The number of rotatable bonds is 5. The molecule has 1 amide bonds. The summed E-state index contributed by atoms with van der Waals surface area (Å²) in [6.45, 7) is 0.249. The summed E-state index contributed by atoms with van der Waals surface area (Å²) >= 11 is 6.47. The third-order valence-corrected chi connectivity index (χ3v) is 5.75. The molecule has 150 valence electrons. The van der Waals surface area contributed by atoms with Gasteiger partial charge in [0.1, 0.15) is 21.7 Å². The highest BCUT2D eigenvalue weighted by Gasteiger charge is 2.32. The number of thiocarbonyl (C=S) groups is 1. The fourth-order valence-electron chi connectivity index (χ4n) is 2.90. The van der Waals surface area contributed by atoms with Crippen LogP contribution in [-0.4, -0.2) is 20.1 Å². The standard InChI is InChI=1S/C21H13FN2O4S2/c22-15-6-4-13(5-7-15)12-23-20(25)19(30-21(23)29)11-17-8-9-18(28-17)14-2-1-3-16(10-14)24(26)27/h1-11H,12H2/b19-11-. The number of benzene rings is 2. The maximum atomic E-state index is 13.1. The van der Waals surface area contributed by atoms with Gasteiger partial charge < -0.3 is 4.42 Å². The van der Waals surface area contributed by atoms with Gasteiger partial charge in [0.2, 0.25) is 0 Å². The molecule has 2 heterocycles. The number of hydrogen-bond donors (Lipinski definition) is 0. The van der Waals surface area contributed by atoms with Crippen LogP contribution in [0.3, 0.4) is 0 Å². The highest BCUT2D eigenvalue weighted by molar-refractivity contribution is 8.26. The largest absolute Gasteiger partial charge is 0.457 e. The van der Waals surface area contributed by atoms with Crippen LogP contribution in [0.5, 0.6) is 0 Å². The summed E-state index contributed by atoms with van der Waals surface area (Å²) < 4.78 is 19.2. The monoisotopic (exact) mass is 440 g/mol. The molecule has 3 aromatic rings. The first-order valence-corrected chi connectivity index (χ1v) is 9.97. The number of carbonyl (C=O) groups is 1. The van der Waals surface area contributed by atoms with Gasteiger partial charge in [-0.3, -0.25) is 19.8 Å². The van der Waals surface area contributed by atoms with E-state index in [1.54, 1.807) is 42.5 Å². The number of amides is 1. The van der Waals surface area contributed by atoms with E-state index in [0.29, 0.717) is 26.3 Å². The van der Waals surface area contributed by atoms with Gasteiger partial charge in [-0.2, -0.15) is 0 Å². The average Bonchev–Trinajstić information content (AvgIpc) is 3.30. The molecule has 1 aliphatic rings. The molecule has 0 atom stereocenters. The molecule has 0 N–H and O–H groups in total. The van der Waals surface area contributed by atoms with E-state index in [0.717, 1.165) is 17.3 Å². The van der Waals surface area contributed by atoms with E-state index in [2.05, 4.69) is 0 Å². The summed E-state index contributed by atoms with van der Waals surface area (Å²) in [4.78, 5) is 25.1. The van der Waals surface area contributed by atoms with E-state index in [4.69, 9.17) is 16.6 Å². The molecule has 2 aromatic carbocycles. The smallest absolute Gasteiger partial charge is 0.270 e. The van der Waals surface area contributed by atoms with Crippen molar-refractivity contribution in [2.45, 2.75) is 6.54 Å². The predicted octanol–water partition coefficient (Wildman–Crippen LogP) is 5.40. The molecule has 1 aromatic heterocycles. The molecule has 6 nitrogen and oxygen atoms in total. The van der Waals surface area contributed by atoms with E-state index in [1.807, 2.05) is 0 Å². The summed E-state index contributed by atoms with van der Waals surface area (Å²) in [6.07, 6.45) is 1.59. The van der Waals surface area contributed by atoms with Gasteiger partial charge in [-0.15, -0.1) is 0 Å². The third kappa shape index (κ3) is 4.17. The van der Waals surface area contributed by atoms with Crippen LogP contribution < -0.4 is 0 Å². The Morgan fingerprint density at radius 3 is 2.67 bits per heavy atom. The summed E-state index contributed by atoms with van der Waals surface area (Å²) in [5.74, 6) is 0.273. The molecule has 1 aliphatic heterocycles. The van der Waals surface area contributed by atoms with Crippen LogP contribution >= 0.6 is 24.0 Å². The maximum absolute atomic E-state index is 13.1. The first-order chi connectivity index (χ1) is 14.4. The summed E-state index contributed by atoms with van der Waals surface area (Å²) in [6, 6.07) is 15.4. The normalized spacial score (nSPS) is 15.2. The summed E-state index contributed by atoms with van der Waals surface area (Å²) in [5.41, 5.74) is 1.29. The van der Waals surface area contributed by atoms with Crippen LogP contribution in [0.4, 0.5) is 10.1 Å². The van der Waals surface area contributed by atoms with Crippen molar-refractivity contribution in [3.63, 3.8) is 0 Å². The molecule has 0 saturated carbocycles. The minimum atomic E-state index is -0.472. The Kier molecular flexibility index (Phi) is 5.47. The number of carbonyl (C=O) groups excluding carboxylic acids is 1. The van der Waals surface area contributed by atoms with E-state index >= 15 is 0 Å². The molecular formula is C21H13FN2O4S2. The minimum Gasteiger partial charge on any atom is -0.457 e. The number of nitro benzene ring substituents is 1. The fourth-order valence-corrected chi connectivity index (χ4v) is 4.13. The summed E-state index contributed by atoms with van der Waals surface area (Å²) in [7, 11) is 0. The molecule has 30 heavy (non-hydrogen) atoms. The van der Waals surface area contributed by atoms with Crippen molar-refractivity contribution >= 4 is 46.0 Å². The molecule has 0 aliphatic carbocycles. The van der Waals surface area contributed by atoms with Crippen molar-refractivity contribution in [3.8, 4) is 11.3 Å².